The number of hydrogen-bond donors (Lipinski definition) is 2. The van der Waals surface area contributed by atoms with Gasteiger partial charge < -0.3 is 16.0 Å². The van der Waals surface area contributed by atoms with Crippen LogP contribution < -0.4 is 11.1 Å². The standard InChI is InChI=1S/C19H23N3O2.ClH/c1-13(2)22(14(3)23)12-15-8-10-16(11-9-15)21-19(24)17-6-4-5-7-18(17)20;/h4-11,13H,12,20H2,1-3H3,(H,21,24);1H. The lowest BCUT2D eigenvalue weighted by atomic mass is 10.1. The van der Waals surface area contributed by atoms with Crippen LogP contribution in [-0.2, 0) is 11.3 Å². The zero-order valence-electron chi connectivity index (χ0n) is 14.7. The van der Waals surface area contributed by atoms with Crippen LogP contribution in [0.25, 0.3) is 0 Å². The topological polar surface area (TPSA) is 75.4 Å². The molecule has 0 bridgehead atoms. The number of nitrogens with two attached hydrogens (primary N) is 1. The van der Waals surface area contributed by atoms with E-state index < -0.39 is 0 Å². The largest absolute Gasteiger partial charge is 0.398 e. The Morgan fingerprint density at radius 2 is 1.68 bits per heavy atom. The number of rotatable bonds is 5. The van der Waals surface area contributed by atoms with E-state index in [4.69, 9.17) is 5.73 Å². The van der Waals surface area contributed by atoms with Crippen LogP contribution in [0.15, 0.2) is 48.5 Å². The van der Waals surface area contributed by atoms with E-state index in [1.54, 1.807) is 36.1 Å². The van der Waals surface area contributed by atoms with Gasteiger partial charge in [0, 0.05) is 30.9 Å². The van der Waals surface area contributed by atoms with Crippen LogP contribution >= 0.6 is 12.4 Å². The fraction of sp³-hybridized carbons (Fsp3) is 0.263. The number of anilines is 2. The molecule has 5 nitrogen and oxygen atoms in total. The summed E-state index contributed by atoms with van der Waals surface area (Å²) in [4.78, 5) is 25.7. The fourth-order valence-corrected chi connectivity index (χ4v) is 2.45. The SMILES string of the molecule is CC(=O)N(Cc1ccc(NC(=O)c2ccccc2N)cc1)C(C)C.Cl. The van der Waals surface area contributed by atoms with E-state index in [0.29, 0.717) is 23.5 Å². The second-order valence-electron chi connectivity index (χ2n) is 5.98. The number of nitrogen functional groups attached to an aromatic ring is 1. The summed E-state index contributed by atoms with van der Waals surface area (Å²) >= 11 is 0. The molecule has 0 saturated heterocycles. The molecule has 2 aromatic carbocycles. The van der Waals surface area contributed by atoms with Gasteiger partial charge in [0.25, 0.3) is 5.91 Å². The lowest BCUT2D eigenvalue weighted by molar-refractivity contribution is -0.131. The summed E-state index contributed by atoms with van der Waals surface area (Å²) in [6.45, 7) is 6.09. The van der Waals surface area contributed by atoms with Crippen molar-refractivity contribution >= 4 is 35.6 Å². The molecule has 2 aromatic rings. The Bertz CT molecular complexity index is 730. The first-order chi connectivity index (χ1) is 11.4. The maximum absolute atomic E-state index is 12.2. The smallest absolute Gasteiger partial charge is 0.257 e. The predicted molar refractivity (Wildman–Crippen MR) is 104 cm³/mol. The average molecular weight is 362 g/mol. The third kappa shape index (κ3) is 5.50. The number of nitrogens with one attached hydrogen (secondary N) is 1. The zero-order valence-corrected chi connectivity index (χ0v) is 15.5. The Morgan fingerprint density at radius 3 is 2.20 bits per heavy atom. The third-order valence-corrected chi connectivity index (χ3v) is 3.80. The van der Waals surface area contributed by atoms with Gasteiger partial charge >= 0.3 is 0 Å². The highest BCUT2D eigenvalue weighted by atomic mass is 35.5. The van der Waals surface area contributed by atoms with Crippen molar-refractivity contribution in [3.63, 3.8) is 0 Å². The summed E-state index contributed by atoms with van der Waals surface area (Å²) in [5.41, 5.74) is 8.40. The summed E-state index contributed by atoms with van der Waals surface area (Å²) in [6.07, 6.45) is 0. The second kappa shape index (κ2) is 9.08. The maximum Gasteiger partial charge on any atom is 0.257 e. The number of nitrogens with zero attached hydrogens (tertiary/aromatic N) is 1. The van der Waals surface area contributed by atoms with E-state index in [-0.39, 0.29) is 30.3 Å². The number of hydrogen-bond acceptors (Lipinski definition) is 3. The fourth-order valence-electron chi connectivity index (χ4n) is 2.45. The van der Waals surface area contributed by atoms with Crippen molar-refractivity contribution in [2.24, 2.45) is 0 Å². The van der Waals surface area contributed by atoms with E-state index in [1.807, 2.05) is 38.1 Å². The number of amides is 2. The number of halogens is 1. The van der Waals surface area contributed by atoms with Crippen LogP contribution in [0.3, 0.4) is 0 Å². The van der Waals surface area contributed by atoms with E-state index in [2.05, 4.69) is 5.32 Å². The molecule has 0 saturated carbocycles. The Balaban J connectivity index is 0.00000312. The van der Waals surface area contributed by atoms with Crippen LogP contribution in [-0.4, -0.2) is 22.8 Å². The quantitative estimate of drug-likeness (QED) is 0.797. The van der Waals surface area contributed by atoms with Crippen LogP contribution in [0, 0.1) is 0 Å². The summed E-state index contributed by atoms with van der Waals surface area (Å²) in [6, 6.07) is 14.5. The molecule has 0 fully saturated rings. The molecule has 0 atom stereocenters. The minimum absolute atomic E-state index is 0. The zero-order chi connectivity index (χ0) is 17.7. The van der Waals surface area contributed by atoms with E-state index in [1.165, 1.54) is 0 Å². The molecule has 0 radical (unpaired) electrons. The monoisotopic (exact) mass is 361 g/mol. The number of para-hydroxylation sites is 1. The van der Waals surface area contributed by atoms with Crippen molar-refractivity contribution in [3.8, 4) is 0 Å². The Morgan fingerprint density at radius 1 is 1.08 bits per heavy atom. The molecule has 134 valence electrons. The molecule has 2 amide bonds. The Kier molecular flexibility index (Phi) is 7.45. The summed E-state index contributed by atoms with van der Waals surface area (Å²) in [5.74, 6) is -0.199. The molecule has 6 heteroatoms. The first-order valence-corrected chi connectivity index (χ1v) is 7.90. The number of carbonyl (C=O) groups is 2. The average Bonchev–Trinajstić information content (AvgIpc) is 2.53. The van der Waals surface area contributed by atoms with Crippen LogP contribution in [0.1, 0.15) is 36.7 Å². The minimum Gasteiger partial charge on any atom is -0.398 e. The van der Waals surface area contributed by atoms with Gasteiger partial charge in [-0.15, -0.1) is 12.4 Å². The van der Waals surface area contributed by atoms with Crippen LogP contribution in [0.2, 0.25) is 0 Å². The van der Waals surface area contributed by atoms with Crippen LogP contribution in [0.4, 0.5) is 11.4 Å². The van der Waals surface area contributed by atoms with Crippen molar-refractivity contribution in [2.45, 2.75) is 33.4 Å². The van der Waals surface area contributed by atoms with Crippen molar-refractivity contribution in [1.82, 2.24) is 4.90 Å². The van der Waals surface area contributed by atoms with Gasteiger partial charge in [-0.25, -0.2) is 0 Å². The van der Waals surface area contributed by atoms with Crippen molar-refractivity contribution in [3.05, 3.63) is 59.7 Å². The van der Waals surface area contributed by atoms with Crippen molar-refractivity contribution in [1.29, 1.82) is 0 Å². The van der Waals surface area contributed by atoms with Gasteiger partial charge in [-0.1, -0.05) is 24.3 Å². The highest BCUT2D eigenvalue weighted by molar-refractivity contribution is 6.07. The normalized spacial score (nSPS) is 10.1. The number of benzene rings is 2. The molecule has 0 unspecified atom stereocenters. The van der Waals surface area contributed by atoms with Gasteiger partial charge in [-0.05, 0) is 43.7 Å². The van der Waals surface area contributed by atoms with Gasteiger partial charge in [0.05, 0.1) is 5.56 Å². The third-order valence-electron chi connectivity index (χ3n) is 3.80. The van der Waals surface area contributed by atoms with Crippen molar-refractivity contribution < 1.29 is 9.59 Å². The van der Waals surface area contributed by atoms with Gasteiger partial charge in [-0.3, -0.25) is 9.59 Å². The second-order valence-corrected chi connectivity index (χ2v) is 5.98. The van der Waals surface area contributed by atoms with Gasteiger partial charge in [-0.2, -0.15) is 0 Å². The first-order valence-electron chi connectivity index (χ1n) is 7.90. The van der Waals surface area contributed by atoms with Crippen LogP contribution in [0.5, 0.6) is 0 Å². The molecule has 0 spiro atoms. The summed E-state index contributed by atoms with van der Waals surface area (Å²) < 4.78 is 0. The lowest BCUT2D eigenvalue weighted by Crippen LogP contribution is -2.34. The molecule has 2 rings (SSSR count). The Hall–Kier alpha value is -2.53. The minimum atomic E-state index is -0.242. The van der Waals surface area contributed by atoms with E-state index in [9.17, 15) is 9.59 Å². The van der Waals surface area contributed by atoms with Crippen molar-refractivity contribution in [2.75, 3.05) is 11.1 Å². The molecule has 0 aliphatic heterocycles. The van der Waals surface area contributed by atoms with E-state index >= 15 is 0 Å². The maximum atomic E-state index is 12.2. The van der Waals surface area contributed by atoms with Gasteiger partial charge in [0.1, 0.15) is 0 Å². The summed E-state index contributed by atoms with van der Waals surface area (Å²) in [7, 11) is 0. The van der Waals surface area contributed by atoms with Gasteiger partial charge in [0.2, 0.25) is 5.91 Å². The highest BCUT2D eigenvalue weighted by Gasteiger charge is 2.13. The Labute approximate surface area is 154 Å². The van der Waals surface area contributed by atoms with E-state index in [0.717, 1.165) is 5.56 Å². The lowest BCUT2D eigenvalue weighted by Gasteiger charge is -2.25. The molecule has 0 aliphatic carbocycles. The molecular weight excluding hydrogens is 338 g/mol. The number of carbonyl (C=O) groups excluding carboxylic acids is 2. The van der Waals surface area contributed by atoms with Gasteiger partial charge in [0.15, 0.2) is 0 Å². The molecule has 25 heavy (non-hydrogen) atoms. The molecule has 3 N–H and O–H groups in total. The molecule has 0 heterocycles. The predicted octanol–water partition coefficient (Wildman–Crippen LogP) is 3.70. The summed E-state index contributed by atoms with van der Waals surface area (Å²) in [5, 5.41) is 2.83. The molecule has 0 aliphatic rings. The highest BCUT2D eigenvalue weighted by Crippen LogP contribution is 2.16. The molecular formula is C19H24ClN3O2. The molecule has 0 aromatic heterocycles. The first kappa shape index (κ1) is 20.5.